The van der Waals surface area contributed by atoms with Gasteiger partial charge in [0.05, 0.1) is 12.2 Å². The molecule has 1 fully saturated rings. The highest BCUT2D eigenvalue weighted by molar-refractivity contribution is 5.91. The summed E-state index contributed by atoms with van der Waals surface area (Å²) in [6.45, 7) is 2.98. The molecule has 6 rings (SSSR count). The van der Waals surface area contributed by atoms with E-state index in [0.717, 1.165) is 60.1 Å². The molecule has 176 valence electrons. The highest BCUT2D eigenvalue weighted by Crippen LogP contribution is 2.46. The van der Waals surface area contributed by atoms with Crippen molar-refractivity contribution in [3.8, 4) is 0 Å². The SMILES string of the molecule is O=C1OC2(CCN(Cc3ccc4cc(F)ccc4c3)CC2)c2ccccc2N1Cc1ccccc1. The van der Waals surface area contributed by atoms with E-state index in [9.17, 15) is 9.18 Å². The number of fused-ring (bicyclic) bond motifs is 3. The fourth-order valence-electron chi connectivity index (χ4n) is 5.45. The third kappa shape index (κ3) is 4.17. The number of para-hydroxylation sites is 1. The zero-order valence-corrected chi connectivity index (χ0v) is 19.5. The number of amides is 1. The van der Waals surface area contributed by atoms with Gasteiger partial charge in [-0.2, -0.15) is 0 Å². The molecule has 5 heteroatoms. The van der Waals surface area contributed by atoms with Gasteiger partial charge in [0.1, 0.15) is 11.4 Å². The Labute approximate surface area is 204 Å². The molecular weight excluding hydrogens is 439 g/mol. The minimum Gasteiger partial charge on any atom is -0.437 e. The van der Waals surface area contributed by atoms with Crippen LogP contribution < -0.4 is 4.90 Å². The number of rotatable bonds is 4. The third-order valence-corrected chi connectivity index (χ3v) is 7.31. The Balaban J connectivity index is 1.20. The van der Waals surface area contributed by atoms with Gasteiger partial charge in [0.2, 0.25) is 0 Å². The largest absolute Gasteiger partial charge is 0.437 e. The molecule has 35 heavy (non-hydrogen) atoms. The molecule has 2 aliphatic rings. The van der Waals surface area contributed by atoms with Gasteiger partial charge in [0.15, 0.2) is 0 Å². The summed E-state index contributed by atoms with van der Waals surface area (Å²) in [7, 11) is 0. The van der Waals surface area contributed by atoms with Crippen LogP contribution in [0.2, 0.25) is 0 Å². The molecule has 0 radical (unpaired) electrons. The van der Waals surface area contributed by atoms with Crippen LogP contribution >= 0.6 is 0 Å². The number of hydrogen-bond donors (Lipinski definition) is 0. The average Bonchev–Trinajstić information content (AvgIpc) is 2.89. The van der Waals surface area contributed by atoms with Gasteiger partial charge in [-0.1, -0.05) is 66.7 Å². The first kappa shape index (κ1) is 21.8. The fourth-order valence-corrected chi connectivity index (χ4v) is 5.45. The number of piperidine rings is 1. The van der Waals surface area contributed by atoms with Gasteiger partial charge in [-0.3, -0.25) is 9.80 Å². The second-order valence-electron chi connectivity index (χ2n) is 9.55. The lowest BCUT2D eigenvalue weighted by Gasteiger charge is -2.46. The van der Waals surface area contributed by atoms with Crippen molar-refractivity contribution < 1.29 is 13.9 Å². The number of nitrogens with zero attached hydrogens (tertiary/aromatic N) is 2. The van der Waals surface area contributed by atoms with Crippen LogP contribution in [0.5, 0.6) is 0 Å². The summed E-state index contributed by atoms with van der Waals surface area (Å²) >= 11 is 0. The molecule has 4 aromatic rings. The van der Waals surface area contributed by atoms with Crippen molar-refractivity contribution in [2.24, 2.45) is 0 Å². The predicted octanol–water partition coefficient (Wildman–Crippen LogP) is 6.63. The van der Waals surface area contributed by atoms with E-state index in [0.29, 0.717) is 6.54 Å². The summed E-state index contributed by atoms with van der Waals surface area (Å²) in [6.07, 6.45) is 1.24. The van der Waals surface area contributed by atoms with E-state index in [2.05, 4.69) is 23.1 Å². The first-order chi connectivity index (χ1) is 17.1. The Morgan fingerprint density at radius 3 is 2.31 bits per heavy atom. The molecule has 0 saturated carbocycles. The molecule has 1 spiro atoms. The number of halogens is 1. The van der Waals surface area contributed by atoms with Crippen LogP contribution in [0.3, 0.4) is 0 Å². The summed E-state index contributed by atoms with van der Waals surface area (Å²) in [4.78, 5) is 17.4. The van der Waals surface area contributed by atoms with E-state index in [1.165, 1.54) is 11.6 Å². The van der Waals surface area contributed by atoms with Crippen LogP contribution in [0.15, 0.2) is 91.0 Å². The van der Waals surface area contributed by atoms with Crippen molar-refractivity contribution in [1.29, 1.82) is 0 Å². The van der Waals surface area contributed by atoms with Gasteiger partial charge in [0.25, 0.3) is 0 Å². The minimum atomic E-state index is -0.585. The van der Waals surface area contributed by atoms with Gasteiger partial charge < -0.3 is 4.74 Å². The summed E-state index contributed by atoms with van der Waals surface area (Å²) in [5, 5.41) is 1.96. The molecule has 2 aliphatic heterocycles. The van der Waals surface area contributed by atoms with E-state index in [4.69, 9.17) is 4.74 Å². The molecule has 0 aliphatic carbocycles. The highest BCUT2D eigenvalue weighted by Gasteiger charge is 2.46. The van der Waals surface area contributed by atoms with Gasteiger partial charge in [-0.05, 0) is 46.2 Å². The molecule has 0 aromatic heterocycles. The minimum absolute atomic E-state index is 0.212. The Morgan fingerprint density at radius 2 is 1.49 bits per heavy atom. The number of carbonyl (C=O) groups excluding carboxylic acids is 1. The monoisotopic (exact) mass is 466 g/mol. The molecule has 0 unspecified atom stereocenters. The lowest BCUT2D eigenvalue weighted by Crippen LogP contribution is -2.51. The van der Waals surface area contributed by atoms with Gasteiger partial charge in [-0.15, -0.1) is 0 Å². The lowest BCUT2D eigenvalue weighted by molar-refractivity contribution is -0.0436. The fraction of sp³-hybridized carbons (Fsp3) is 0.233. The summed E-state index contributed by atoms with van der Waals surface area (Å²) < 4.78 is 19.7. The average molecular weight is 467 g/mol. The second-order valence-corrected chi connectivity index (χ2v) is 9.55. The molecular formula is C30H27FN2O2. The van der Waals surface area contributed by atoms with Crippen molar-refractivity contribution in [3.63, 3.8) is 0 Å². The first-order valence-corrected chi connectivity index (χ1v) is 12.1. The Bertz CT molecular complexity index is 1380. The van der Waals surface area contributed by atoms with E-state index in [-0.39, 0.29) is 11.9 Å². The molecule has 4 aromatic carbocycles. The zero-order valence-electron chi connectivity index (χ0n) is 19.5. The topological polar surface area (TPSA) is 32.8 Å². The molecule has 0 N–H and O–H groups in total. The maximum atomic E-state index is 13.5. The van der Waals surface area contributed by atoms with Crippen molar-refractivity contribution in [2.75, 3.05) is 18.0 Å². The van der Waals surface area contributed by atoms with E-state index in [1.807, 2.05) is 60.7 Å². The Morgan fingerprint density at radius 1 is 0.771 bits per heavy atom. The molecule has 1 saturated heterocycles. The number of anilines is 1. The van der Waals surface area contributed by atoms with E-state index < -0.39 is 5.60 Å². The second kappa shape index (κ2) is 8.82. The van der Waals surface area contributed by atoms with E-state index in [1.54, 1.807) is 11.0 Å². The zero-order chi connectivity index (χ0) is 23.8. The van der Waals surface area contributed by atoms with Crippen LogP contribution in [0.1, 0.15) is 29.5 Å². The number of benzene rings is 4. The predicted molar refractivity (Wildman–Crippen MR) is 136 cm³/mol. The van der Waals surface area contributed by atoms with Crippen molar-refractivity contribution in [2.45, 2.75) is 31.5 Å². The van der Waals surface area contributed by atoms with Gasteiger partial charge >= 0.3 is 6.09 Å². The standard InChI is InChI=1S/C30H27FN2O2/c31-26-13-12-24-18-23(10-11-25(24)19-26)20-32-16-14-30(15-17-32)27-8-4-5-9-28(27)33(29(34)35-30)21-22-6-2-1-3-7-22/h1-13,18-19H,14-17,20-21H2. The van der Waals surface area contributed by atoms with Crippen molar-refractivity contribution in [1.82, 2.24) is 4.90 Å². The lowest BCUT2D eigenvalue weighted by atomic mass is 9.81. The van der Waals surface area contributed by atoms with Crippen LogP contribution in [-0.2, 0) is 23.4 Å². The molecule has 0 atom stereocenters. The first-order valence-electron chi connectivity index (χ1n) is 12.1. The third-order valence-electron chi connectivity index (χ3n) is 7.31. The highest BCUT2D eigenvalue weighted by atomic mass is 19.1. The molecule has 2 heterocycles. The quantitative estimate of drug-likeness (QED) is 0.339. The van der Waals surface area contributed by atoms with Gasteiger partial charge in [-0.25, -0.2) is 9.18 Å². The maximum Gasteiger partial charge on any atom is 0.415 e. The number of hydrogen-bond acceptors (Lipinski definition) is 3. The van der Waals surface area contributed by atoms with Crippen LogP contribution in [0.4, 0.5) is 14.9 Å². The maximum absolute atomic E-state index is 13.5. The number of likely N-dealkylation sites (tertiary alicyclic amines) is 1. The summed E-state index contributed by atoms with van der Waals surface area (Å²) in [5.41, 5.74) is 3.74. The molecule has 4 nitrogen and oxygen atoms in total. The smallest absolute Gasteiger partial charge is 0.415 e. The number of ether oxygens (including phenoxy) is 1. The Hall–Kier alpha value is -3.70. The summed E-state index contributed by atoms with van der Waals surface area (Å²) in [6, 6.07) is 29.3. The van der Waals surface area contributed by atoms with E-state index >= 15 is 0 Å². The van der Waals surface area contributed by atoms with Crippen LogP contribution in [-0.4, -0.2) is 24.1 Å². The van der Waals surface area contributed by atoms with Gasteiger partial charge in [0, 0.05) is 38.0 Å². The number of carbonyl (C=O) groups is 1. The van der Waals surface area contributed by atoms with Crippen LogP contribution in [0, 0.1) is 5.82 Å². The molecule has 1 amide bonds. The van der Waals surface area contributed by atoms with Crippen molar-refractivity contribution >= 4 is 22.6 Å². The molecule has 0 bridgehead atoms. The normalized spacial score (nSPS) is 17.4. The summed E-state index contributed by atoms with van der Waals surface area (Å²) in [5.74, 6) is -0.212. The Kier molecular flexibility index (Phi) is 5.50. The van der Waals surface area contributed by atoms with Crippen LogP contribution in [0.25, 0.3) is 10.8 Å². The van der Waals surface area contributed by atoms with Crippen molar-refractivity contribution in [3.05, 3.63) is 114 Å².